The molecule has 1 saturated carbocycles. The number of aliphatic carboxylic acids is 1. The van der Waals surface area contributed by atoms with E-state index in [1.807, 2.05) is 6.92 Å². The molecule has 108 valence electrons. The van der Waals surface area contributed by atoms with Crippen molar-refractivity contribution in [2.24, 2.45) is 5.92 Å². The molecular formula is C15H20N2O3. The van der Waals surface area contributed by atoms with Crippen LogP contribution in [0.15, 0.2) is 18.2 Å². The molecule has 0 bridgehead atoms. The Morgan fingerprint density at radius 1 is 1.40 bits per heavy atom. The molecule has 1 aliphatic carbocycles. The average molecular weight is 276 g/mol. The van der Waals surface area contributed by atoms with Crippen molar-refractivity contribution in [1.29, 1.82) is 0 Å². The number of carbonyl (C=O) groups is 2. The van der Waals surface area contributed by atoms with Gasteiger partial charge in [-0.3, -0.25) is 4.79 Å². The van der Waals surface area contributed by atoms with Gasteiger partial charge in [-0.05, 0) is 37.8 Å². The van der Waals surface area contributed by atoms with Gasteiger partial charge in [0.2, 0.25) is 0 Å². The standard InChI is InChI=1S/C15H20N2O3/c1-10-6-3-4-9-15(10,14(19)20)17-13(18)12-8-5-7-11(2)16-12/h5,7-8,10H,3-4,6,9H2,1-2H3,(H,17,18)(H,19,20). The van der Waals surface area contributed by atoms with Crippen LogP contribution in [-0.2, 0) is 4.79 Å². The van der Waals surface area contributed by atoms with E-state index in [4.69, 9.17) is 0 Å². The van der Waals surface area contributed by atoms with E-state index >= 15 is 0 Å². The van der Waals surface area contributed by atoms with E-state index in [-0.39, 0.29) is 11.6 Å². The van der Waals surface area contributed by atoms with Gasteiger partial charge < -0.3 is 10.4 Å². The molecule has 20 heavy (non-hydrogen) atoms. The lowest BCUT2D eigenvalue weighted by Gasteiger charge is -2.39. The van der Waals surface area contributed by atoms with Crippen LogP contribution in [0.2, 0.25) is 0 Å². The maximum absolute atomic E-state index is 12.3. The second-order valence-electron chi connectivity index (χ2n) is 5.54. The number of amides is 1. The molecule has 2 N–H and O–H groups in total. The van der Waals surface area contributed by atoms with E-state index in [0.29, 0.717) is 6.42 Å². The van der Waals surface area contributed by atoms with Crippen LogP contribution in [0.1, 0.15) is 48.8 Å². The number of hydrogen-bond acceptors (Lipinski definition) is 3. The normalized spacial score (nSPS) is 26.0. The minimum Gasteiger partial charge on any atom is -0.479 e. The Hall–Kier alpha value is -1.91. The van der Waals surface area contributed by atoms with Gasteiger partial charge in [0, 0.05) is 5.69 Å². The number of hydrogen-bond donors (Lipinski definition) is 2. The molecule has 5 heteroatoms. The van der Waals surface area contributed by atoms with Crippen LogP contribution in [0.4, 0.5) is 0 Å². The summed E-state index contributed by atoms with van der Waals surface area (Å²) in [4.78, 5) is 28.1. The summed E-state index contributed by atoms with van der Waals surface area (Å²) < 4.78 is 0. The van der Waals surface area contributed by atoms with Gasteiger partial charge >= 0.3 is 5.97 Å². The van der Waals surface area contributed by atoms with Crippen molar-refractivity contribution in [3.63, 3.8) is 0 Å². The molecule has 2 unspecified atom stereocenters. The van der Waals surface area contributed by atoms with Crippen molar-refractivity contribution >= 4 is 11.9 Å². The largest absolute Gasteiger partial charge is 0.479 e. The zero-order valence-electron chi connectivity index (χ0n) is 11.8. The molecule has 5 nitrogen and oxygen atoms in total. The van der Waals surface area contributed by atoms with Crippen molar-refractivity contribution in [3.05, 3.63) is 29.6 Å². The highest BCUT2D eigenvalue weighted by Crippen LogP contribution is 2.34. The Kier molecular flexibility index (Phi) is 4.06. The van der Waals surface area contributed by atoms with Crippen LogP contribution in [0.25, 0.3) is 0 Å². The minimum absolute atomic E-state index is 0.0810. The van der Waals surface area contributed by atoms with Crippen LogP contribution in [-0.4, -0.2) is 27.5 Å². The predicted molar refractivity (Wildman–Crippen MR) is 74.4 cm³/mol. The maximum Gasteiger partial charge on any atom is 0.329 e. The first-order valence-corrected chi connectivity index (χ1v) is 6.95. The molecule has 0 saturated heterocycles. The van der Waals surface area contributed by atoms with Crippen LogP contribution in [0, 0.1) is 12.8 Å². The van der Waals surface area contributed by atoms with Gasteiger partial charge in [0.25, 0.3) is 5.91 Å². The van der Waals surface area contributed by atoms with Crippen molar-refractivity contribution in [3.8, 4) is 0 Å². The number of pyridine rings is 1. The van der Waals surface area contributed by atoms with Crippen LogP contribution >= 0.6 is 0 Å². The summed E-state index contributed by atoms with van der Waals surface area (Å²) in [7, 11) is 0. The fraction of sp³-hybridized carbons (Fsp3) is 0.533. The summed E-state index contributed by atoms with van der Waals surface area (Å²) in [5.41, 5.74) is -0.164. The number of aryl methyl sites for hydroxylation is 1. The maximum atomic E-state index is 12.3. The zero-order chi connectivity index (χ0) is 14.8. The van der Waals surface area contributed by atoms with E-state index in [2.05, 4.69) is 10.3 Å². The molecule has 1 amide bonds. The molecule has 1 fully saturated rings. The first kappa shape index (κ1) is 14.5. The third-order valence-corrected chi connectivity index (χ3v) is 4.14. The van der Waals surface area contributed by atoms with E-state index in [0.717, 1.165) is 25.0 Å². The number of aromatic nitrogens is 1. The molecule has 1 aromatic heterocycles. The number of carboxylic acids is 1. The smallest absolute Gasteiger partial charge is 0.329 e. The molecule has 0 aromatic carbocycles. The Balaban J connectivity index is 2.24. The van der Waals surface area contributed by atoms with Crippen molar-refractivity contribution in [2.45, 2.75) is 45.1 Å². The highest BCUT2D eigenvalue weighted by molar-refractivity contribution is 5.96. The van der Waals surface area contributed by atoms with Gasteiger partial charge in [-0.15, -0.1) is 0 Å². The average Bonchev–Trinajstić information content (AvgIpc) is 2.41. The van der Waals surface area contributed by atoms with Gasteiger partial charge in [-0.2, -0.15) is 0 Å². The first-order chi connectivity index (χ1) is 9.45. The van der Waals surface area contributed by atoms with Gasteiger partial charge in [0.05, 0.1) is 0 Å². The molecule has 1 heterocycles. The summed E-state index contributed by atoms with van der Waals surface area (Å²) in [5.74, 6) is -1.45. The van der Waals surface area contributed by atoms with E-state index < -0.39 is 17.4 Å². The number of carbonyl (C=O) groups excluding carboxylic acids is 1. The third kappa shape index (κ3) is 2.66. The SMILES string of the molecule is Cc1cccc(C(=O)NC2(C(=O)O)CCCCC2C)n1. The Morgan fingerprint density at radius 3 is 2.75 bits per heavy atom. The molecule has 1 aromatic rings. The predicted octanol–water partition coefficient (Wildman–Crippen LogP) is 2.15. The van der Waals surface area contributed by atoms with Gasteiger partial charge in [0.1, 0.15) is 11.2 Å². The van der Waals surface area contributed by atoms with Gasteiger partial charge in [0.15, 0.2) is 0 Å². The van der Waals surface area contributed by atoms with E-state index in [1.54, 1.807) is 25.1 Å². The second-order valence-corrected chi connectivity index (χ2v) is 5.54. The monoisotopic (exact) mass is 276 g/mol. The Labute approximate surface area is 118 Å². The zero-order valence-corrected chi connectivity index (χ0v) is 11.8. The Bertz CT molecular complexity index is 530. The Morgan fingerprint density at radius 2 is 2.15 bits per heavy atom. The minimum atomic E-state index is -1.17. The lowest BCUT2D eigenvalue weighted by molar-refractivity contribution is -0.148. The highest BCUT2D eigenvalue weighted by Gasteiger charge is 2.46. The fourth-order valence-corrected chi connectivity index (χ4v) is 2.84. The highest BCUT2D eigenvalue weighted by atomic mass is 16.4. The first-order valence-electron chi connectivity index (χ1n) is 6.95. The summed E-state index contributed by atoms with van der Waals surface area (Å²) >= 11 is 0. The van der Waals surface area contributed by atoms with Gasteiger partial charge in [-0.1, -0.05) is 25.8 Å². The summed E-state index contributed by atoms with van der Waals surface area (Å²) in [5, 5.41) is 12.3. The van der Waals surface area contributed by atoms with Crippen molar-refractivity contribution < 1.29 is 14.7 Å². The van der Waals surface area contributed by atoms with E-state index in [9.17, 15) is 14.7 Å². The number of nitrogens with one attached hydrogen (secondary N) is 1. The van der Waals surface area contributed by atoms with Crippen LogP contribution < -0.4 is 5.32 Å². The lowest BCUT2D eigenvalue weighted by Crippen LogP contribution is -2.60. The van der Waals surface area contributed by atoms with Gasteiger partial charge in [-0.25, -0.2) is 9.78 Å². The topological polar surface area (TPSA) is 79.3 Å². The molecular weight excluding hydrogens is 256 g/mol. The summed E-state index contributed by atoms with van der Waals surface area (Å²) in [6.45, 7) is 3.68. The molecule has 2 rings (SSSR count). The second kappa shape index (κ2) is 5.61. The van der Waals surface area contributed by atoms with Crippen molar-refractivity contribution in [2.75, 3.05) is 0 Å². The summed E-state index contributed by atoms with van der Waals surface area (Å²) in [6, 6.07) is 5.15. The third-order valence-electron chi connectivity index (χ3n) is 4.14. The van der Waals surface area contributed by atoms with E-state index in [1.165, 1.54) is 0 Å². The number of nitrogens with zero attached hydrogens (tertiary/aromatic N) is 1. The molecule has 2 atom stereocenters. The molecule has 1 aliphatic rings. The molecule has 0 radical (unpaired) electrons. The lowest BCUT2D eigenvalue weighted by atomic mass is 9.73. The molecule has 0 aliphatic heterocycles. The number of carboxylic acid groups (broad SMARTS) is 1. The fourth-order valence-electron chi connectivity index (χ4n) is 2.84. The quantitative estimate of drug-likeness (QED) is 0.886. The number of rotatable bonds is 3. The van der Waals surface area contributed by atoms with Crippen molar-refractivity contribution in [1.82, 2.24) is 10.3 Å². The summed E-state index contributed by atoms with van der Waals surface area (Å²) in [6.07, 6.45) is 3.11. The van der Waals surface area contributed by atoms with Crippen LogP contribution in [0.5, 0.6) is 0 Å². The van der Waals surface area contributed by atoms with Crippen LogP contribution in [0.3, 0.4) is 0 Å². The molecule has 0 spiro atoms.